The lowest BCUT2D eigenvalue weighted by atomic mass is 9.94. The first-order valence-corrected chi connectivity index (χ1v) is 11.8. The lowest BCUT2D eigenvalue weighted by Gasteiger charge is -2.45. The Labute approximate surface area is 176 Å². The van der Waals surface area contributed by atoms with Crippen molar-refractivity contribution in [2.24, 2.45) is 0 Å². The molecule has 2 aromatic heterocycles. The summed E-state index contributed by atoms with van der Waals surface area (Å²) in [6.45, 7) is 9.93. The third kappa shape index (κ3) is 3.59. The monoisotopic (exact) mass is 416 g/mol. The molecule has 4 rings (SSSR count). The highest BCUT2D eigenvalue weighted by Crippen LogP contribution is 2.34. The third-order valence-corrected chi connectivity index (χ3v) is 7.62. The first kappa shape index (κ1) is 20.4. The molecule has 2 aliphatic rings. The molecule has 0 saturated heterocycles. The Balaban J connectivity index is 1.67. The molecule has 1 atom stereocenters. The summed E-state index contributed by atoms with van der Waals surface area (Å²) in [5.74, 6) is -0.0455. The summed E-state index contributed by atoms with van der Waals surface area (Å²) in [4.78, 5) is 31.2. The Morgan fingerprint density at radius 1 is 1.31 bits per heavy atom. The standard InChI is InChI=1S/C22H32N4O2S/c1-4-24(5-2)11-12-26-20(27)18-14-19-17(10-13-29-19)25(18)15-22(26,3)21(28)23-16-8-6-7-9-16/h10,13-14,16H,4-9,11-12,15H2,1-3H3,(H,23,28). The minimum atomic E-state index is -0.881. The van der Waals surface area contributed by atoms with Crippen LogP contribution in [0.3, 0.4) is 0 Å². The smallest absolute Gasteiger partial charge is 0.271 e. The summed E-state index contributed by atoms with van der Waals surface area (Å²) in [5.41, 5.74) is 0.882. The number of carbonyl (C=O) groups is 2. The normalized spacial score (nSPS) is 22.6. The lowest BCUT2D eigenvalue weighted by molar-refractivity contribution is -0.133. The number of nitrogens with one attached hydrogen (secondary N) is 1. The molecule has 7 heteroatoms. The van der Waals surface area contributed by atoms with Gasteiger partial charge in [-0.1, -0.05) is 26.7 Å². The van der Waals surface area contributed by atoms with E-state index in [4.69, 9.17) is 0 Å². The quantitative estimate of drug-likeness (QED) is 0.753. The van der Waals surface area contributed by atoms with Gasteiger partial charge in [0.1, 0.15) is 11.2 Å². The van der Waals surface area contributed by atoms with Gasteiger partial charge in [0.25, 0.3) is 5.91 Å². The van der Waals surface area contributed by atoms with Crippen molar-refractivity contribution >= 4 is 33.4 Å². The van der Waals surface area contributed by atoms with Gasteiger partial charge in [0.2, 0.25) is 5.91 Å². The molecule has 0 bridgehead atoms. The van der Waals surface area contributed by atoms with E-state index in [9.17, 15) is 9.59 Å². The van der Waals surface area contributed by atoms with Gasteiger partial charge in [-0.2, -0.15) is 0 Å². The molecule has 3 heterocycles. The Kier molecular flexibility index (Phi) is 5.71. The fourth-order valence-electron chi connectivity index (χ4n) is 4.82. The Morgan fingerprint density at radius 2 is 2.03 bits per heavy atom. The van der Waals surface area contributed by atoms with Gasteiger partial charge in [-0.15, -0.1) is 11.3 Å². The van der Waals surface area contributed by atoms with E-state index in [0.29, 0.717) is 18.8 Å². The van der Waals surface area contributed by atoms with Gasteiger partial charge in [-0.25, -0.2) is 0 Å². The highest BCUT2D eigenvalue weighted by molar-refractivity contribution is 7.17. The van der Waals surface area contributed by atoms with E-state index in [2.05, 4.69) is 34.7 Å². The Morgan fingerprint density at radius 3 is 2.72 bits per heavy atom. The number of aromatic nitrogens is 1. The number of nitrogens with zero attached hydrogens (tertiary/aromatic N) is 3. The molecule has 2 aromatic rings. The second-order valence-corrected chi connectivity index (χ2v) is 9.45. The minimum Gasteiger partial charge on any atom is -0.351 e. The Bertz CT molecular complexity index is 894. The number of amides is 2. The van der Waals surface area contributed by atoms with Gasteiger partial charge >= 0.3 is 0 Å². The molecule has 0 spiro atoms. The molecule has 1 saturated carbocycles. The predicted molar refractivity (Wildman–Crippen MR) is 117 cm³/mol. The van der Waals surface area contributed by atoms with E-state index in [1.807, 2.05) is 23.3 Å². The zero-order valence-electron chi connectivity index (χ0n) is 17.7. The van der Waals surface area contributed by atoms with Crippen molar-refractivity contribution in [1.29, 1.82) is 0 Å². The maximum absolute atomic E-state index is 13.5. The van der Waals surface area contributed by atoms with Crippen LogP contribution in [0.15, 0.2) is 17.5 Å². The van der Waals surface area contributed by atoms with Crippen LogP contribution in [0.5, 0.6) is 0 Å². The zero-order valence-corrected chi connectivity index (χ0v) is 18.6. The van der Waals surface area contributed by atoms with Gasteiger partial charge in [-0.3, -0.25) is 9.59 Å². The number of thiophene rings is 1. The van der Waals surface area contributed by atoms with E-state index in [-0.39, 0.29) is 17.9 Å². The number of hydrogen-bond donors (Lipinski definition) is 1. The second-order valence-electron chi connectivity index (χ2n) is 8.50. The molecule has 1 aliphatic carbocycles. The maximum atomic E-state index is 13.5. The van der Waals surface area contributed by atoms with Crippen molar-refractivity contribution in [1.82, 2.24) is 19.7 Å². The molecule has 29 heavy (non-hydrogen) atoms. The average molecular weight is 417 g/mol. The SMILES string of the molecule is CCN(CC)CCN1C(=O)c2cc3sccc3n2CC1(C)C(=O)NC1CCCC1. The van der Waals surface area contributed by atoms with Crippen LogP contribution in [0.4, 0.5) is 0 Å². The van der Waals surface area contributed by atoms with Crippen LogP contribution in [-0.4, -0.2) is 63.9 Å². The number of hydrogen-bond acceptors (Lipinski definition) is 4. The molecule has 2 amide bonds. The van der Waals surface area contributed by atoms with Crippen LogP contribution < -0.4 is 5.32 Å². The minimum absolute atomic E-state index is 0.0139. The van der Waals surface area contributed by atoms with Crippen molar-refractivity contribution in [3.63, 3.8) is 0 Å². The van der Waals surface area contributed by atoms with Crippen LogP contribution in [0, 0.1) is 0 Å². The molecule has 1 fully saturated rings. The molecule has 6 nitrogen and oxygen atoms in total. The summed E-state index contributed by atoms with van der Waals surface area (Å²) in [6, 6.07) is 4.28. The first-order valence-electron chi connectivity index (χ1n) is 10.9. The van der Waals surface area contributed by atoms with Crippen LogP contribution >= 0.6 is 11.3 Å². The highest BCUT2D eigenvalue weighted by Gasteiger charge is 2.48. The summed E-state index contributed by atoms with van der Waals surface area (Å²) in [6.07, 6.45) is 4.42. The number of rotatable bonds is 7. The lowest BCUT2D eigenvalue weighted by Crippen LogP contribution is -2.65. The van der Waals surface area contributed by atoms with Crippen molar-refractivity contribution in [2.45, 2.75) is 64.6 Å². The largest absolute Gasteiger partial charge is 0.351 e. The van der Waals surface area contributed by atoms with Crippen LogP contribution in [0.25, 0.3) is 10.2 Å². The number of likely N-dealkylation sites (N-methyl/N-ethyl adjacent to an activating group) is 1. The van der Waals surface area contributed by atoms with Crippen molar-refractivity contribution in [3.8, 4) is 0 Å². The van der Waals surface area contributed by atoms with Crippen molar-refractivity contribution < 1.29 is 9.59 Å². The summed E-state index contributed by atoms with van der Waals surface area (Å²) in [7, 11) is 0. The van der Waals surface area contributed by atoms with E-state index < -0.39 is 5.54 Å². The third-order valence-electron chi connectivity index (χ3n) is 6.76. The average Bonchev–Trinajstić information content (AvgIpc) is 3.43. The van der Waals surface area contributed by atoms with Crippen LogP contribution in [-0.2, 0) is 11.3 Å². The first-order chi connectivity index (χ1) is 14.0. The molecule has 1 unspecified atom stereocenters. The van der Waals surface area contributed by atoms with E-state index in [1.165, 1.54) is 12.8 Å². The fraction of sp³-hybridized carbons (Fsp3) is 0.636. The molecular weight excluding hydrogens is 384 g/mol. The predicted octanol–water partition coefficient (Wildman–Crippen LogP) is 3.32. The van der Waals surface area contributed by atoms with Gasteiger partial charge in [0.05, 0.1) is 16.8 Å². The van der Waals surface area contributed by atoms with Crippen LogP contribution in [0.1, 0.15) is 56.9 Å². The van der Waals surface area contributed by atoms with Gasteiger partial charge in [-0.05, 0) is 50.4 Å². The van der Waals surface area contributed by atoms with Crippen molar-refractivity contribution in [2.75, 3.05) is 26.2 Å². The van der Waals surface area contributed by atoms with Gasteiger partial charge < -0.3 is 19.7 Å². The highest BCUT2D eigenvalue weighted by atomic mass is 32.1. The van der Waals surface area contributed by atoms with E-state index in [0.717, 1.165) is 42.7 Å². The van der Waals surface area contributed by atoms with Crippen LogP contribution in [0.2, 0.25) is 0 Å². The van der Waals surface area contributed by atoms with E-state index >= 15 is 0 Å². The van der Waals surface area contributed by atoms with E-state index in [1.54, 1.807) is 11.3 Å². The maximum Gasteiger partial charge on any atom is 0.271 e. The van der Waals surface area contributed by atoms with Gasteiger partial charge in [0.15, 0.2) is 0 Å². The Hall–Kier alpha value is -1.86. The molecule has 158 valence electrons. The number of carbonyl (C=O) groups excluding carboxylic acids is 2. The topological polar surface area (TPSA) is 57.6 Å². The second kappa shape index (κ2) is 8.11. The summed E-state index contributed by atoms with van der Waals surface area (Å²) in [5, 5.41) is 5.31. The molecule has 1 N–H and O–H groups in total. The summed E-state index contributed by atoms with van der Waals surface area (Å²) < 4.78 is 3.16. The fourth-order valence-corrected chi connectivity index (χ4v) is 5.64. The summed E-state index contributed by atoms with van der Waals surface area (Å²) >= 11 is 1.64. The van der Waals surface area contributed by atoms with Crippen molar-refractivity contribution in [3.05, 3.63) is 23.2 Å². The molecule has 1 aliphatic heterocycles. The molecular formula is C22H32N4O2S. The number of fused-ring (bicyclic) bond motifs is 3. The van der Waals surface area contributed by atoms with Gasteiger partial charge in [0, 0.05) is 19.1 Å². The molecule has 0 radical (unpaired) electrons. The zero-order chi connectivity index (χ0) is 20.6. The molecule has 0 aromatic carbocycles.